The monoisotopic (exact) mass is 410 g/mol. The maximum absolute atomic E-state index is 10.6. The largest absolute Gasteiger partial charge is 0.507 e. The van der Waals surface area contributed by atoms with Crippen LogP contribution in [0.5, 0.6) is 11.5 Å². The maximum atomic E-state index is 10.6. The molecule has 3 rings (SSSR count). The lowest BCUT2D eigenvalue weighted by Crippen LogP contribution is -2.11. The van der Waals surface area contributed by atoms with E-state index < -0.39 is 0 Å². The molecule has 0 radical (unpaired) electrons. The topological polar surface area (TPSA) is 55.2 Å². The summed E-state index contributed by atoms with van der Waals surface area (Å²) in [5.41, 5.74) is 2.17. The van der Waals surface area contributed by atoms with E-state index in [1.807, 2.05) is 36.4 Å². The Hall–Kier alpha value is -2.59. The van der Waals surface area contributed by atoms with E-state index in [1.54, 1.807) is 18.2 Å². The molecule has 0 amide bonds. The number of ether oxygens (including phenoxy) is 1. The van der Waals surface area contributed by atoms with Crippen molar-refractivity contribution in [2.75, 3.05) is 6.61 Å². The van der Waals surface area contributed by atoms with Gasteiger partial charge in [-0.15, -0.1) is 0 Å². The second-order valence-electron chi connectivity index (χ2n) is 7.17. The van der Waals surface area contributed by atoms with E-state index in [9.17, 15) is 5.11 Å². The van der Waals surface area contributed by atoms with Crippen LogP contribution in [-0.2, 0) is 0 Å². The van der Waals surface area contributed by atoms with E-state index in [4.69, 9.17) is 16.3 Å². The first-order valence-electron chi connectivity index (χ1n) is 10.2. The van der Waals surface area contributed by atoms with Crippen LogP contribution < -0.4 is 4.74 Å². The Morgan fingerprint density at radius 3 is 2.52 bits per heavy atom. The number of rotatable bonds is 9. The summed E-state index contributed by atoms with van der Waals surface area (Å²) < 4.78 is 5.92. The fraction of sp³-hybridized carbons (Fsp3) is 0.333. The predicted octanol–water partition coefficient (Wildman–Crippen LogP) is 6.76. The molecule has 0 saturated carbocycles. The van der Waals surface area contributed by atoms with Gasteiger partial charge in [0.15, 0.2) is 5.82 Å². The standard InChI is InChI=1S/C24H27ClN2O2/c1-3-5-9-17(4-2)16-29-19-12-13-20(22(28)14-19)24-26-21(15-23(25)27-24)18-10-7-6-8-11-18/h6-8,10-15,17,28H,3-5,9,16H2,1-2H3. The van der Waals surface area contributed by atoms with Crippen molar-refractivity contribution in [1.82, 2.24) is 9.97 Å². The van der Waals surface area contributed by atoms with Gasteiger partial charge in [-0.1, -0.05) is 75.0 Å². The molecule has 0 aliphatic heterocycles. The van der Waals surface area contributed by atoms with Crippen LogP contribution in [0.25, 0.3) is 22.6 Å². The van der Waals surface area contributed by atoms with Gasteiger partial charge in [0.1, 0.15) is 16.7 Å². The smallest absolute Gasteiger partial charge is 0.165 e. The minimum Gasteiger partial charge on any atom is -0.507 e. The molecule has 0 spiro atoms. The third-order valence-electron chi connectivity index (χ3n) is 5.00. The average Bonchev–Trinajstić information content (AvgIpc) is 2.74. The molecule has 152 valence electrons. The van der Waals surface area contributed by atoms with Crippen molar-refractivity contribution in [1.29, 1.82) is 0 Å². The van der Waals surface area contributed by atoms with Crippen molar-refractivity contribution >= 4 is 11.6 Å². The van der Waals surface area contributed by atoms with Gasteiger partial charge in [0.05, 0.1) is 17.9 Å². The minimum atomic E-state index is 0.0744. The van der Waals surface area contributed by atoms with Gasteiger partial charge in [-0.25, -0.2) is 9.97 Å². The molecule has 0 saturated heterocycles. The van der Waals surface area contributed by atoms with Gasteiger partial charge in [-0.2, -0.15) is 0 Å². The normalized spacial score (nSPS) is 12.0. The minimum absolute atomic E-state index is 0.0744. The van der Waals surface area contributed by atoms with Crippen LogP contribution in [0.4, 0.5) is 0 Å². The van der Waals surface area contributed by atoms with Gasteiger partial charge in [-0.05, 0) is 24.5 Å². The second kappa shape index (κ2) is 10.3. The summed E-state index contributed by atoms with van der Waals surface area (Å²) in [5, 5.41) is 10.9. The van der Waals surface area contributed by atoms with Crippen molar-refractivity contribution in [3.05, 3.63) is 59.8 Å². The van der Waals surface area contributed by atoms with Gasteiger partial charge in [0.2, 0.25) is 0 Å². The van der Waals surface area contributed by atoms with Gasteiger partial charge < -0.3 is 9.84 Å². The Bertz CT molecular complexity index is 931. The Balaban J connectivity index is 1.79. The number of benzene rings is 2. The van der Waals surface area contributed by atoms with Crippen molar-refractivity contribution in [2.45, 2.75) is 39.5 Å². The zero-order valence-electron chi connectivity index (χ0n) is 16.9. The highest BCUT2D eigenvalue weighted by Gasteiger charge is 2.13. The first-order chi connectivity index (χ1) is 14.1. The van der Waals surface area contributed by atoms with Crippen molar-refractivity contribution in [3.63, 3.8) is 0 Å². The van der Waals surface area contributed by atoms with Gasteiger partial charge in [-0.3, -0.25) is 0 Å². The summed E-state index contributed by atoms with van der Waals surface area (Å²) >= 11 is 6.22. The van der Waals surface area contributed by atoms with Crippen LogP contribution in [0.15, 0.2) is 54.6 Å². The molecule has 0 bridgehead atoms. The molecular formula is C24H27ClN2O2. The number of aromatic hydroxyl groups is 1. The molecule has 4 nitrogen and oxygen atoms in total. The highest BCUT2D eigenvalue weighted by atomic mass is 35.5. The van der Waals surface area contributed by atoms with Crippen LogP contribution in [0.1, 0.15) is 39.5 Å². The number of hydrogen-bond donors (Lipinski definition) is 1. The van der Waals surface area contributed by atoms with Crippen LogP contribution >= 0.6 is 11.6 Å². The van der Waals surface area contributed by atoms with Gasteiger partial charge >= 0.3 is 0 Å². The molecule has 0 aliphatic carbocycles. The molecule has 1 unspecified atom stereocenters. The highest BCUT2D eigenvalue weighted by molar-refractivity contribution is 6.29. The molecule has 1 aromatic heterocycles. The zero-order chi connectivity index (χ0) is 20.6. The Morgan fingerprint density at radius 2 is 1.83 bits per heavy atom. The third-order valence-corrected chi connectivity index (χ3v) is 5.20. The van der Waals surface area contributed by atoms with Crippen LogP contribution in [0, 0.1) is 5.92 Å². The molecule has 3 aromatic rings. The van der Waals surface area contributed by atoms with E-state index in [1.165, 1.54) is 12.8 Å². The first kappa shape index (κ1) is 21.1. The average molecular weight is 411 g/mol. The van der Waals surface area contributed by atoms with E-state index >= 15 is 0 Å². The Labute approximate surface area is 177 Å². The SMILES string of the molecule is CCCCC(CC)COc1ccc(-c2nc(Cl)cc(-c3ccccc3)n2)c(O)c1. The number of aromatic nitrogens is 2. The number of phenolic OH excluding ortho intramolecular Hbond substituents is 1. The van der Waals surface area contributed by atoms with Crippen molar-refractivity contribution in [3.8, 4) is 34.1 Å². The fourth-order valence-electron chi connectivity index (χ4n) is 3.20. The van der Waals surface area contributed by atoms with Crippen molar-refractivity contribution in [2.24, 2.45) is 5.92 Å². The molecular weight excluding hydrogens is 384 g/mol. The van der Waals surface area contributed by atoms with Crippen molar-refractivity contribution < 1.29 is 9.84 Å². The zero-order valence-corrected chi connectivity index (χ0v) is 17.7. The molecule has 1 heterocycles. The lowest BCUT2D eigenvalue weighted by atomic mass is 10.0. The van der Waals surface area contributed by atoms with Crippen LogP contribution in [0.2, 0.25) is 5.15 Å². The highest BCUT2D eigenvalue weighted by Crippen LogP contribution is 2.33. The third kappa shape index (κ3) is 5.70. The van der Waals surface area contributed by atoms with Crippen LogP contribution in [-0.4, -0.2) is 21.7 Å². The number of phenols is 1. The van der Waals surface area contributed by atoms with Gasteiger partial charge in [0, 0.05) is 17.7 Å². The van der Waals surface area contributed by atoms with E-state index in [2.05, 4.69) is 23.8 Å². The number of nitrogens with zero attached hydrogens (tertiary/aromatic N) is 2. The van der Waals surface area contributed by atoms with E-state index in [0.717, 1.165) is 18.4 Å². The summed E-state index contributed by atoms with van der Waals surface area (Å²) in [5.74, 6) is 1.63. The molecule has 29 heavy (non-hydrogen) atoms. The Kier molecular flexibility index (Phi) is 7.48. The summed E-state index contributed by atoms with van der Waals surface area (Å²) in [4.78, 5) is 8.88. The Morgan fingerprint density at radius 1 is 1.03 bits per heavy atom. The summed E-state index contributed by atoms with van der Waals surface area (Å²) in [6, 6.07) is 16.7. The van der Waals surface area contributed by atoms with Crippen LogP contribution in [0.3, 0.4) is 0 Å². The summed E-state index contributed by atoms with van der Waals surface area (Å²) in [7, 11) is 0. The molecule has 1 atom stereocenters. The number of unbranched alkanes of at least 4 members (excludes halogenated alkanes) is 1. The summed E-state index contributed by atoms with van der Waals surface area (Å²) in [6.45, 7) is 5.04. The lowest BCUT2D eigenvalue weighted by molar-refractivity contribution is 0.232. The lowest BCUT2D eigenvalue weighted by Gasteiger charge is -2.16. The molecule has 1 N–H and O–H groups in total. The van der Waals surface area contributed by atoms with E-state index in [-0.39, 0.29) is 5.75 Å². The fourth-order valence-corrected chi connectivity index (χ4v) is 3.38. The second-order valence-corrected chi connectivity index (χ2v) is 7.56. The van der Waals surface area contributed by atoms with E-state index in [0.29, 0.717) is 40.5 Å². The molecule has 2 aromatic carbocycles. The number of hydrogen-bond acceptors (Lipinski definition) is 4. The van der Waals surface area contributed by atoms with Gasteiger partial charge in [0.25, 0.3) is 0 Å². The molecule has 5 heteroatoms. The maximum Gasteiger partial charge on any atom is 0.165 e. The number of halogens is 1. The quantitative estimate of drug-likeness (QED) is 0.395. The predicted molar refractivity (Wildman–Crippen MR) is 118 cm³/mol. The summed E-state index contributed by atoms with van der Waals surface area (Å²) in [6.07, 6.45) is 4.65. The molecule has 0 aliphatic rings. The first-order valence-corrected chi connectivity index (χ1v) is 10.5. The molecule has 0 fully saturated rings.